The second-order valence-electron chi connectivity index (χ2n) is 10.6. The van der Waals surface area contributed by atoms with Crippen molar-refractivity contribution in [2.24, 2.45) is 0 Å². The molecule has 2 aliphatic rings. The Morgan fingerprint density at radius 2 is 1.00 bits per heavy atom. The predicted octanol–water partition coefficient (Wildman–Crippen LogP) is 7.27. The highest BCUT2D eigenvalue weighted by Gasteiger charge is 2.35. The molecule has 2 saturated carbocycles. The number of hydrogen-bond donors (Lipinski definition) is 0. The molecule has 0 bridgehead atoms. The second kappa shape index (κ2) is 7.34. The molecular formula is C24H39P. The minimum atomic E-state index is 0.0152. The van der Waals surface area contributed by atoms with Crippen LogP contribution in [0.25, 0.3) is 0 Å². The minimum Gasteiger partial charge on any atom is -0.0689 e. The zero-order chi connectivity index (χ0) is 18.2. The predicted molar refractivity (Wildman–Crippen MR) is 115 cm³/mol. The van der Waals surface area contributed by atoms with Gasteiger partial charge in [0.1, 0.15) is 0 Å². The highest BCUT2D eigenvalue weighted by atomic mass is 31.1. The van der Waals surface area contributed by atoms with Gasteiger partial charge in [-0.2, -0.15) is 0 Å². The van der Waals surface area contributed by atoms with Gasteiger partial charge >= 0.3 is 0 Å². The third-order valence-electron chi connectivity index (χ3n) is 6.38. The minimum absolute atomic E-state index is 0.0152. The molecule has 0 aliphatic heterocycles. The normalized spacial score (nSPS) is 20.8. The van der Waals surface area contributed by atoms with Crippen molar-refractivity contribution in [2.75, 3.05) is 0 Å². The molecule has 0 nitrogen and oxygen atoms in total. The lowest BCUT2D eigenvalue weighted by Crippen LogP contribution is -2.24. The highest BCUT2D eigenvalue weighted by Crippen LogP contribution is 2.56. The van der Waals surface area contributed by atoms with E-state index in [0.29, 0.717) is 0 Å². The summed E-state index contributed by atoms with van der Waals surface area (Å²) in [7, 11) is 0.0152. The van der Waals surface area contributed by atoms with Gasteiger partial charge in [0.2, 0.25) is 0 Å². The summed E-state index contributed by atoms with van der Waals surface area (Å²) < 4.78 is 0. The molecule has 0 spiro atoms. The van der Waals surface area contributed by atoms with Crippen molar-refractivity contribution in [3.8, 4) is 0 Å². The van der Waals surface area contributed by atoms with Gasteiger partial charge in [0.25, 0.3) is 0 Å². The van der Waals surface area contributed by atoms with E-state index in [4.69, 9.17) is 0 Å². The third-order valence-corrected chi connectivity index (χ3v) is 9.84. The average Bonchev–Trinajstić information content (AvgIpc) is 3.19. The molecule has 2 fully saturated rings. The van der Waals surface area contributed by atoms with Gasteiger partial charge in [0.05, 0.1) is 0 Å². The van der Waals surface area contributed by atoms with Crippen molar-refractivity contribution in [3.05, 3.63) is 29.3 Å². The molecule has 0 N–H and O–H groups in total. The number of benzene rings is 1. The van der Waals surface area contributed by atoms with Crippen LogP contribution in [0.2, 0.25) is 0 Å². The van der Waals surface area contributed by atoms with Gasteiger partial charge in [-0.3, -0.25) is 0 Å². The fourth-order valence-electron chi connectivity index (χ4n) is 4.71. The van der Waals surface area contributed by atoms with Crippen LogP contribution in [0.1, 0.15) is 104 Å². The van der Waals surface area contributed by atoms with Crippen LogP contribution in [0.4, 0.5) is 0 Å². The van der Waals surface area contributed by atoms with Crippen LogP contribution in [0.3, 0.4) is 0 Å². The lowest BCUT2D eigenvalue weighted by molar-refractivity contribution is 0.569. The van der Waals surface area contributed by atoms with Crippen molar-refractivity contribution in [2.45, 2.75) is 115 Å². The maximum Gasteiger partial charge on any atom is -0.0132 e. The molecule has 0 aromatic heterocycles. The van der Waals surface area contributed by atoms with Crippen LogP contribution in [-0.4, -0.2) is 11.3 Å². The van der Waals surface area contributed by atoms with Gasteiger partial charge in [0.15, 0.2) is 0 Å². The van der Waals surface area contributed by atoms with Gasteiger partial charge in [0, 0.05) is 0 Å². The molecule has 2 aliphatic carbocycles. The monoisotopic (exact) mass is 358 g/mol. The Bertz CT molecular complexity index is 527. The third kappa shape index (κ3) is 4.50. The number of rotatable bonds is 3. The highest BCUT2D eigenvalue weighted by molar-refractivity contribution is 7.67. The summed E-state index contributed by atoms with van der Waals surface area (Å²) >= 11 is 0. The Hall–Kier alpha value is -0.350. The van der Waals surface area contributed by atoms with Gasteiger partial charge in [-0.1, -0.05) is 93.3 Å². The zero-order valence-corrected chi connectivity index (χ0v) is 18.4. The van der Waals surface area contributed by atoms with E-state index in [0.717, 1.165) is 11.3 Å². The van der Waals surface area contributed by atoms with Crippen molar-refractivity contribution in [3.63, 3.8) is 0 Å². The summed E-state index contributed by atoms with van der Waals surface area (Å²) in [6.45, 7) is 14.3. The average molecular weight is 359 g/mol. The van der Waals surface area contributed by atoms with E-state index in [2.05, 4.69) is 59.7 Å². The summed E-state index contributed by atoms with van der Waals surface area (Å²) in [4.78, 5) is 0. The van der Waals surface area contributed by atoms with Crippen molar-refractivity contribution < 1.29 is 0 Å². The molecule has 0 atom stereocenters. The molecule has 140 valence electrons. The van der Waals surface area contributed by atoms with Crippen molar-refractivity contribution in [1.29, 1.82) is 0 Å². The van der Waals surface area contributed by atoms with E-state index in [-0.39, 0.29) is 18.8 Å². The van der Waals surface area contributed by atoms with Gasteiger partial charge in [-0.15, -0.1) is 0 Å². The summed E-state index contributed by atoms with van der Waals surface area (Å²) in [5.74, 6) is 0. The number of hydrogen-bond acceptors (Lipinski definition) is 0. The van der Waals surface area contributed by atoms with Crippen LogP contribution in [0.5, 0.6) is 0 Å². The van der Waals surface area contributed by atoms with Crippen LogP contribution in [-0.2, 0) is 10.8 Å². The molecular weight excluding hydrogens is 319 g/mol. The Kier molecular flexibility index (Phi) is 5.70. The lowest BCUT2D eigenvalue weighted by Gasteiger charge is -2.34. The van der Waals surface area contributed by atoms with E-state index in [1.807, 2.05) is 0 Å². The Balaban J connectivity index is 2.07. The fourth-order valence-corrected chi connectivity index (χ4v) is 8.57. The largest absolute Gasteiger partial charge is 0.0689 e. The first-order valence-electron chi connectivity index (χ1n) is 10.6. The topological polar surface area (TPSA) is 0 Å². The molecule has 0 saturated heterocycles. The lowest BCUT2D eigenvalue weighted by atomic mass is 9.81. The van der Waals surface area contributed by atoms with E-state index in [1.165, 1.54) is 51.4 Å². The molecule has 0 heterocycles. The SMILES string of the molecule is CC(C)(C)c1cc(P(C2CCCC2)C2CCCC2)cc(C(C)(C)C)c1. The molecule has 0 unspecified atom stereocenters. The van der Waals surface area contributed by atoms with Gasteiger partial charge in [-0.05, 0) is 64.3 Å². The fraction of sp³-hybridized carbons (Fsp3) is 0.750. The first-order chi connectivity index (χ1) is 11.7. The Labute approximate surface area is 157 Å². The maximum atomic E-state index is 2.62. The molecule has 3 rings (SSSR count). The van der Waals surface area contributed by atoms with Crippen LogP contribution >= 0.6 is 7.92 Å². The van der Waals surface area contributed by atoms with E-state index >= 15 is 0 Å². The molecule has 0 amide bonds. The van der Waals surface area contributed by atoms with Crippen molar-refractivity contribution >= 4 is 13.2 Å². The Morgan fingerprint density at radius 3 is 1.32 bits per heavy atom. The molecule has 1 heteroatoms. The Morgan fingerprint density at radius 1 is 0.640 bits per heavy atom. The van der Waals surface area contributed by atoms with Gasteiger partial charge in [-0.25, -0.2) is 0 Å². The van der Waals surface area contributed by atoms with Crippen molar-refractivity contribution in [1.82, 2.24) is 0 Å². The first kappa shape index (κ1) is 19.4. The summed E-state index contributed by atoms with van der Waals surface area (Å²) in [5, 5.41) is 1.74. The first-order valence-corrected chi connectivity index (χ1v) is 12.1. The summed E-state index contributed by atoms with van der Waals surface area (Å²) in [5.41, 5.74) is 5.59. The second-order valence-corrected chi connectivity index (χ2v) is 13.3. The molecule has 0 radical (unpaired) electrons. The van der Waals surface area contributed by atoms with E-state index in [1.54, 1.807) is 16.4 Å². The zero-order valence-electron chi connectivity index (χ0n) is 17.5. The van der Waals surface area contributed by atoms with Crippen LogP contribution < -0.4 is 5.30 Å². The van der Waals surface area contributed by atoms with Crippen LogP contribution in [0, 0.1) is 0 Å². The molecule has 1 aromatic rings. The summed E-state index contributed by atoms with van der Waals surface area (Å²) in [6, 6.07) is 7.75. The van der Waals surface area contributed by atoms with E-state index in [9.17, 15) is 0 Å². The van der Waals surface area contributed by atoms with Gasteiger partial charge < -0.3 is 0 Å². The maximum absolute atomic E-state index is 2.62. The summed E-state index contributed by atoms with van der Waals surface area (Å²) in [6.07, 6.45) is 11.9. The van der Waals surface area contributed by atoms with Crippen LogP contribution in [0.15, 0.2) is 18.2 Å². The molecule has 1 aromatic carbocycles. The van der Waals surface area contributed by atoms with E-state index < -0.39 is 0 Å². The quantitative estimate of drug-likeness (QED) is 0.498. The standard InChI is InChI=1S/C24H39P/c1-23(2,3)18-15-19(24(4,5)6)17-22(16-18)25(20-11-7-8-12-20)21-13-9-10-14-21/h15-17,20-21H,7-14H2,1-6H3. The molecule has 25 heavy (non-hydrogen) atoms. The smallest absolute Gasteiger partial charge is 0.0132 e.